The Balaban J connectivity index is 2.55. The number of hydrogen-bond acceptors (Lipinski definition) is 3. The predicted octanol–water partition coefficient (Wildman–Crippen LogP) is 3.02. The highest BCUT2D eigenvalue weighted by Crippen LogP contribution is 2.15. The van der Waals surface area contributed by atoms with E-state index < -0.39 is 0 Å². The van der Waals surface area contributed by atoms with Crippen molar-refractivity contribution in [2.24, 2.45) is 0 Å². The molecule has 1 unspecified atom stereocenters. The summed E-state index contributed by atoms with van der Waals surface area (Å²) in [5.74, 6) is 0. The molecule has 3 nitrogen and oxygen atoms in total. The molecule has 1 rings (SSSR count). The summed E-state index contributed by atoms with van der Waals surface area (Å²) in [5.41, 5.74) is 1.72. The molecule has 1 aromatic rings. The fraction of sp³-hybridized carbons (Fsp3) is 0.533. The van der Waals surface area contributed by atoms with Gasteiger partial charge in [-0.2, -0.15) is 5.26 Å². The van der Waals surface area contributed by atoms with Crippen LogP contribution in [0.2, 0.25) is 0 Å². The van der Waals surface area contributed by atoms with Crippen molar-refractivity contribution in [2.45, 2.75) is 39.3 Å². The minimum Gasteiger partial charge on any atom is -0.375 e. The second kappa shape index (κ2) is 6.53. The van der Waals surface area contributed by atoms with Crippen molar-refractivity contribution in [1.82, 2.24) is 5.32 Å². The molecule has 1 N–H and O–H groups in total. The molecule has 3 heteroatoms. The Morgan fingerprint density at radius 2 is 1.94 bits per heavy atom. The molecule has 0 spiro atoms. The fourth-order valence-corrected chi connectivity index (χ4v) is 1.80. The Morgan fingerprint density at radius 1 is 1.33 bits per heavy atom. The molecule has 0 aliphatic carbocycles. The predicted molar refractivity (Wildman–Crippen MR) is 73.3 cm³/mol. The monoisotopic (exact) mass is 246 g/mol. The van der Waals surface area contributed by atoms with Gasteiger partial charge in [-0.15, -0.1) is 0 Å². The summed E-state index contributed by atoms with van der Waals surface area (Å²) in [4.78, 5) is 0. The summed E-state index contributed by atoms with van der Waals surface area (Å²) in [5, 5.41) is 12.2. The van der Waals surface area contributed by atoms with Crippen molar-refractivity contribution in [3.8, 4) is 6.07 Å². The number of ether oxygens (including phenoxy) is 1. The Bertz CT molecular complexity index is 403. The third-order valence-electron chi connectivity index (χ3n) is 2.91. The molecule has 0 aromatic heterocycles. The average molecular weight is 246 g/mol. The molecular weight excluding hydrogens is 224 g/mol. The van der Waals surface area contributed by atoms with Gasteiger partial charge < -0.3 is 10.1 Å². The van der Waals surface area contributed by atoms with Gasteiger partial charge in [-0.25, -0.2) is 0 Å². The molecule has 1 atom stereocenters. The molecule has 1 aromatic carbocycles. The van der Waals surface area contributed by atoms with Crippen molar-refractivity contribution < 1.29 is 4.74 Å². The van der Waals surface area contributed by atoms with E-state index in [1.165, 1.54) is 5.56 Å². The number of nitriles is 1. The van der Waals surface area contributed by atoms with Gasteiger partial charge in [0, 0.05) is 19.2 Å². The number of hydrogen-bond donors (Lipinski definition) is 1. The molecule has 0 aliphatic heterocycles. The summed E-state index contributed by atoms with van der Waals surface area (Å²) in [6.45, 7) is 9.79. The van der Waals surface area contributed by atoms with Gasteiger partial charge in [0.2, 0.25) is 0 Å². The van der Waals surface area contributed by atoms with E-state index in [1.807, 2.05) is 31.2 Å². The van der Waals surface area contributed by atoms with E-state index in [9.17, 15) is 0 Å². The second-order valence-electron chi connectivity index (χ2n) is 5.03. The van der Waals surface area contributed by atoms with Crippen molar-refractivity contribution in [2.75, 3.05) is 13.2 Å². The molecule has 0 aliphatic rings. The summed E-state index contributed by atoms with van der Waals surface area (Å²) in [6.07, 6.45) is 0. The topological polar surface area (TPSA) is 45.0 Å². The van der Waals surface area contributed by atoms with Crippen LogP contribution in [0.1, 0.15) is 44.9 Å². The smallest absolute Gasteiger partial charge is 0.0991 e. The van der Waals surface area contributed by atoms with Crippen molar-refractivity contribution in [3.63, 3.8) is 0 Å². The van der Waals surface area contributed by atoms with Gasteiger partial charge in [0.05, 0.1) is 17.2 Å². The minimum atomic E-state index is -0.157. The zero-order chi connectivity index (χ0) is 13.6. The Morgan fingerprint density at radius 3 is 2.44 bits per heavy atom. The number of nitrogens with zero attached hydrogens (tertiary/aromatic N) is 1. The third kappa shape index (κ3) is 4.48. The van der Waals surface area contributed by atoms with Crippen molar-refractivity contribution in [3.05, 3.63) is 35.4 Å². The van der Waals surface area contributed by atoms with Gasteiger partial charge in [-0.1, -0.05) is 12.1 Å². The summed E-state index contributed by atoms with van der Waals surface area (Å²) < 4.78 is 5.65. The van der Waals surface area contributed by atoms with Crippen LogP contribution in [0, 0.1) is 11.3 Å². The van der Waals surface area contributed by atoms with E-state index in [4.69, 9.17) is 10.00 Å². The van der Waals surface area contributed by atoms with Crippen LogP contribution in [0.15, 0.2) is 24.3 Å². The molecule has 0 saturated heterocycles. The SMILES string of the molecule is CCOC(C)(C)CNC(C)c1ccc(C#N)cc1. The van der Waals surface area contributed by atoms with Gasteiger partial charge in [-0.3, -0.25) is 0 Å². The Kier molecular flexibility index (Phi) is 5.33. The highest BCUT2D eigenvalue weighted by Gasteiger charge is 2.18. The standard InChI is InChI=1S/C15H22N2O/c1-5-18-15(3,4)11-17-12(2)14-8-6-13(10-16)7-9-14/h6-9,12,17H,5,11H2,1-4H3. The lowest BCUT2D eigenvalue weighted by Crippen LogP contribution is -2.38. The highest BCUT2D eigenvalue weighted by molar-refractivity contribution is 5.32. The van der Waals surface area contributed by atoms with Gasteiger partial charge in [0.15, 0.2) is 0 Å². The summed E-state index contributed by atoms with van der Waals surface area (Å²) in [6, 6.07) is 10.1. The lowest BCUT2D eigenvalue weighted by atomic mass is 10.0. The largest absolute Gasteiger partial charge is 0.375 e. The Hall–Kier alpha value is -1.37. The third-order valence-corrected chi connectivity index (χ3v) is 2.91. The fourth-order valence-electron chi connectivity index (χ4n) is 1.80. The quantitative estimate of drug-likeness (QED) is 0.839. The average Bonchev–Trinajstić information content (AvgIpc) is 2.36. The first-order valence-electron chi connectivity index (χ1n) is 6.36. The normalized spacial score (nSPS) is 13.1. The van der Waals surface area contributed by atoms with Crippen LogP contribution in [-0.4, -0.2) is 18.8 Å². The van der Waals surface area contributed by atoms with Crippen LogP contribution in [0.25, 0.3) is 0 Å². The maximum Gasteiger partial charge on any atom is 0.0991 e. The molecule has 0 heterocycles. The van der Waals surface area contributed by atoms with E-state index in [2.05, 4.69) is 32.2 Å². The molecule has 18 heavy (non-hydrogen) atoms. The van der Waals surface area contributed by atoms with Gasteiger partial charge in [0.1, 0.15) is 0 Å². The number of benzene rings is 1. The first-order valence-corrected chi connectivity index (χ1v) is 6.36. The van der Waals surface area contributed by atoms with E-state index in [1.54, 1.807) is 0 Å². The van der Waals surface area contributed by atoms with Crippen LogP contribution < -0.4 is 5.32 Å². The lowest BCUT2D eigenvalue weighted by Gasteiger charge is -2.27. The maximum absolute atomic E-state index is 8.75. The first-order chi connectivity index (χ1) is 8.48. The maximum atomic E-state index is 8.75. The highest BCUT2D eigenvalue weighted by atomic mass is 16.5. The zero-order valence-corrected chi connectivity index (χ0v) is 11.7. The minimum absolute atomic E-state index is 0.157. The Labute approximate surface area is 110 Å². The second-order valence-corrected chi connectivity index (χ2v) is 5.03. The molecule has 0 bridgehead atoms. The van der Waals surface area contributed by atoms with Crippen LogP contribution in [0.5, 0.6) is 0 Å². The van der Waals surface area contributed by atoms with Gasteiger partial charge in [0.25, 0.3) is 0 Å². The van der Waals surface area contributed by atoms with Crippen LogP contribution in [0.3, 0.4) is 0 Å². The molecule has 0 fully saturated rings. The number of rotatable bonds is 6. The molecular formula is C15H22N2O. The van der Waals surface area contributed by atoms with E-state index in [0.717, 1.165) is 13.2 Å². The first kappa shape index (κ1) is 14.7. The van der Waals surface area contributed by atoms with E-state index >= 15 is 0 Å². The van der Waals surface area contributed by atoms with E-state index in [0.29, 0.717) is 5.56 Å². The molecule has 0 amide bonds. The molecule has 0 saturated carbocycles. The van der Waals surface area contributed by atoms with Crippen LogP contribution in [-0.2, 0) is 4.74 Å². The van der Waals surface area contributed by atoms with E-state index in [-0.39, 0.29) is 11.6 Å². The van der Waals surface area contributed by atoms with Gasteiger partial charge >= 0.3 is 0 Å². The van der Waals surface area contributed by atoms with Crippen LogP contribution in [0.4, 0.5) is 0 Å². The van der Waals surface area contributed by atoms with Gasteiger partial charge in [-0.05, 0) is 45.4 Å². The van der Waals surface area contributed by atoms with Crippen molar-refractivity contribution in [1.29, 1.82) is 5.26 Å². The summed E-state index contributed by atoms with van der Waals surface area (Å²) in [7, 11) is 0. The van der Waals surface area contributed by atoms with Crippen molar-refractivity contribution >= 4 is 0 Å². The zero-order valence-electron chi connectivity index (χ0n) is 11.7. The molecule has 0 radical (unpaired) electrons. The summed E-state index contributed by atoms with van der Waals surface area (Å²) >= 11 is 0. The van der Waals surface area contributed by atoms with Crippen LogP contribution >= 0.6 is 0 Å². The molecule has 98 valence electrons. The number of nitrogens with one attached hydrogen (secondary N) is 1. The lowest BCUT2D eigenvalue weighted by molar-refractivity contribution is -0.0103.